The van der Waals surface area contributed by atoms with Crippen LogP contribution in [0.1, 0.15) is 9.67 Å². The summed E-state index contributed by atoms with van der Waals surface area (Å²) >= 11 is 1.86. The van der Waals surface area contributed by atoms with Crippen molar-refractivity contribution in [2.45, 2.75) is 9.10 Å². The number of aromatic carboxylic acids is 1. The van der Waals surface area contributed by atoms with E-state index in [0.717, 1.165) is 35.4 Å². The summed E-state index contributed by atoms with van der Waals surface area (Å²) < 4.78 is 24.8. The molecule has 0 amide bonds. The zero-order valence-corrected chi connectivity index (χ0v) is 14.0. The fourth-order valence-corrected chi connectivity index (χ4v) is 4.29. The van der Waals surface area contributed by atoms with Crippen LogP contribution in [0.5, 0.6) is 0 Å². The number of sulfonamides is 1. The van der Waals surface area contributed by atoms with Crippen molar-refractivity contribution in [3.05, 3.63) is 45.3 Å². The normalized spacial score (nSPS) is 11.2. The Morgan fingerprint density at radius 2 is 1.96 bits per heavy atom. The number of rotatable bonds is 6. The van der Waals surface area contributed by atoms with Gasteiger partial charge in [-0.3, -0.25) is 14.8 Å². The standard InChI is InChI=1S/C12H10N2O6S3/c1-23(19,20)13-7-2-4-8(5-3-7)21-12-9(14(17)18)6-10(22-12)11(15)16/h2-6,13H,1H3,(H,15,16). The molecule has 2 aromatic rings. The molecule has 23 heavy (non-hydrogen) atoms. The van der Waals surface area contributed by atoms with Gasteiger partial charge in [-0.1, -0.05) is 11.8 Å². The van der Waals surface area contributed by atoms with E-state index < -0.39 is 20.9 Å². The zero-order chi connectivity index (χ0) is 17.2. The molecule has 0 atom stereocenters. The lowest BCUT2D eigenvalue weighted by atomic mass is 10.3. The van der Waals surface area contributed by atoms with Gasteiger partial charge in [0.25, 0.3) is 5.69 Å². The van der Waals surface area contributed by atoms with Crippen LogP contribution in [0.3, 0.4) is 0 Å². The van der Waals surface area contributed by atoms with Gasteiger partial charge >= 0.3 is 5.97 Å². The molecule has 0 fully saturated rings. The highest BCUT2D eigenvalue weighted by Gasteiger charge is 2.23. The Kier molecular flexibility index (Phi) is 4.92. The first-order chi connectivity index (χ1) is 10.7. The molecule has 1 aromatic heterocycles. The van der Waals surface area contributed by atoms with E-state index in [1.54, 1.807) is 12.1 Å². The number of nitrogens with one attached hydrogen (secondary N) is 1. The molecule has 1 heterocycles. The molecule has 11 heteroatoms. The number of nitrogens with zero attached hydrogens (tertiary/aromatic N) is 1. The van der Waals surface area contributed by atoms with Crippen molar-refractivity contribution in [2.24, 2.45) is 0 Å². The van der Waals surface area contributed by atoms with Crippen LogP contribution in [-0.4, -0.2) is 30.7 Å². The summed E-state index contributed by atoms with van der Waals surface area (Å²) in [4.78, 5) is 21.8. The van der Waals surface area contributed by atoms with E-state index >= 15 is 0 Å². The van der Waals surface area contributed by atoms with Crippen LogP contribution in [0.4, 0.5) is 11.4 Å². The number of anilines is 1. The molecule has 0 aliphatic rings. The van der Waals surface area contributed by atoms with Crippen molar-refractivity contribution in [3.63, 3.8) is 0 Å². The van der Waals surface area contributed by atoms with Gasteiger partial charge in [-0.15, -0.1) is 11.3 Å². The molecule has 0 spiro atoms. The summed E-state index contributed by atoms with van der Waals surface area (Å²) in [5, 5.41) is 19.9. The van der Waals surface area contributed by atoms with Crippen molar-refractivity contribution in [3.8, 4) is 0 Å². The van der Waals surface area contributed by atoms with Crippen LogP contribution < -0.4 is 4.72 Å². The topological polar surface area (TPSA) is 127 Å². The first-order valence-corrected chi connectivity index (χ1v) is 9.45. The lowest BCUT2D eigenvalue weighted by Gasteiger charge is -2.04. The molecule has 2 N–H and O–H groups in total. The van der Waals surface area contributed by atoms with Gasteiger partial charge in [0.1, 0.15) is 9.09 Å². The van der Waals surface area contributed by atoms with E-state index in [4.69, 9.17) is 5.11 Å². The quantitative estimate of drug-likeness (QED) is 0.588. The summed E-state index contributed by atoms with van der Waals surface area (Å²) in [7, 11) is -3.38. The summed E-state index contributed by atoms with van der Waals surface area (Å²) in [6, 6.07) is 7.22. The highest BCUT2D eigenvalue weighted by molar-refractivity contribution is 8.01. The lowest BCUT2D eigenvalue weighted by Crippen LogP contribution is -2.09. The van der Waals surface area contributed by atoms with E-state index in [2.05, 4.69) is 4.72 Å². The number of hydrogen-bond donors (Lipinski definition) is 2. The Hall–Kier alpha value is -2.11. The zero-order valence-electron chi connectivity index (χ0n) is 11.5. The third kappa shape index (κ3) is 4.68. The molecule has 0 aliphatic heterocycles. The van der Waals surface area contributed by atoms with E-state index in [9.17, 15) is 23.3 Å². The molecule has 8 nitrogen and oxygen atoms in total. The molecule has 0 bridgehead atoms. The molecule has 0 unspecified atom stereocenters. The maximum absolute atomic E-state index is 11.1. The van der Waals surface area contributed by atoms with Gasteiger partial charge in [0, 0.05) is 16.6 Å². The number of carboxylic acids is 1. The molecule has 122 valence electrons. The van der Waals surface area contributed by atoms with Crippen LogP contribution in [-0.2, 0) is 10.0 Å². The van der Waals surface area contributed by atoms with Crippen LogP contribution >= 0.6 is 23.1 Å². The van der Waals surface area contributed by atoms with E-state index in [1.165, 1.54) is 12.1 Å². The minimum absolute atomic E-state index is 0.116. The number of thiophene rings is 1. The number of hydrogen-bond acceptors (Lipinski definition) is 7. The maximum atomic E-state index is 11.1. The monoisotopic (exact) mass is 374 g/mol. The molecular weight excluding hydrogens is 364 g/mol. The third-order valence-electron chi connectivity index (χ3n) is 2.46. The van der Waals surface area contributed by atoms with Gasteiger partial charge in [0.15, 0.2) is 0 Å². The minimum atomic E-state index is -3.38. The Labute approximate surface area is 139 Å². The lowest BCUT2D eigenvalue weighted by molar-refractivity contribution is -0.387. The highest BCUT2D eigenvalue weighted by Crippen LogP contribution is 2.41. The van der Waals surface area contributed by atoms with E-state index in [1.807, 2.05) is 0 Å². The van der Waals surface area contributed by atoms with E-state index in [-0.39, 0.29) is 14.8 Å². The minimum Gasteiger partial charge on any atom is -0.477 e. The Balaban J connectivity index is 2.25. The molecular formula is C12H10N2O6S3. The Morgan fingerprint density at radius 3 is 2.43 bits per heavy atom. The first kappa shape index (κ1) is 17.2. The van der Waals surface area contributed by atoms with Crippen molar-refractivity contribution >= 4 is 50.5 Å². The van der Waals surface area contributed by atoms with E-state index in [0.29, 0.717) is 10.6 Å². The SMILES string of the molecule is CS(=O)(=O)Nc1ccc(Sc2sc(C(=O)O)cc2[N+](=O)[O-])cc1. The fourth-order valence-electron chi connectivity index (χ4n) is 1.58. The Bertz CT molecular complexity index is 857. The van der Waals surface area contributed by atoms with Crippen molar-refractivity contribution in [2.75, 3.05) is 11.0 Å². The van der Waals surface area contributed by atoms with Gasteiger partial charge in [0.05, 0.1) is 11.2 Å². The summed E-state index contributed by atoms with van der Waals surface area (Å²) in [6.07, 6.45) is 1.03. The van der Waals surface area contributed by atoms with Crippen LogP contribution in [0.25, 0.3) is 0 Å². The average Bonchev–Trinajstić information content (AvgIpc) is 2.83. The largest absolute Gasteiger partial charge is 0.477 e. The van der Waals surface area contributed by atoms with Gasteiger partial charge in [0.2, 0.25) is 10.0 Å². The molecule has 2 rings (SSSR count). The third-order valence-corrected chi connectivity index (χ3v) is 5.37. The number of carbonyl (C=O) groups is 1. The predicted molar refractivity (Wildman–Crippen MR) is 87.0 cm³/mol. The van der Waals surface area contributed by atoms with Crippen molar-refractivity contribution in [1.82, 2.24) is 0 Å². The number of carboxylic acid groups (broad SMARTS) is 1. The average molecular weight is 374 g/mol. The molecule has 0 aliphatic carbocycles. The van der Waals surface area contributed by atoms with Gasteiger partial charge in [-0.2, -0.15) is 0 Å². The van der Waals surface area contributed by atoms with Crippen LogP contribution in [0, 0.1) is 10.1 Å². The molecule has 0 saturated carbocycles. The Morgan fingerprint density at radius 1 is 1.35 bits per heavy atom. The van der Waals surface area contributed by atoms with Crippen molar-refractivity contribution in [1.29, 1.82) is 0 Å². The van der Waals surface area contributed by atoms with Gasteiger partial charge in [-0.05, 0) is 24.3 Å². The van der Waals surface area contributed by atoms with Crippen LogP contribution in [0.15, 0.2) is 39.4 Å². The van der Waals surface area contributed by atoms with Gasteiger partial charge in [-0.25, -0.2) is 13.2 Å². The second-order valence-corrected chi connectivity index (χ2v) is 8.49. The maximum Gasteiger partial charge on any atom is 0.346 e. The van der Waals surface area contributed by atoms with Crippen LogP contribution in [0.2, 0.25) is 0 Å². The van der Waals surface area contributed by atoms with Crippen molar-refractivity contribution < 1.29 is 23.2 Å². The second-order valence-electron chi connectivity index (χ2n) is 4.35. The summed E-state index contributed by atoms with van der Waals surface area (Å²) in [5.41, 5.74) is 0.0968. The molecule has 0 saturated heterocycles. The predicted octanol–water partition coefficient (Wildman–Crippen LogP) is 2.88. The first-order valence-electron chi connectivity index (χ1n) is 5.93. The summed E-state index contributed by atoms with van der Waals surface area (Å²) in [6.45, 7) is 0. The number of benzene rings is 1. The molecule has 0 radical (unpaired) electrons. The summed E-state index contributed by atoms with van der Waals surface area (Å²) in [5.74, 6) is -1.22. The van der Waals surface area contributed by atoms with Gasteiger partial charge < -0.3 is 5.11 Å². The molecule has 1 aromatic carbocycles. The smallest absolute Gasteiger partial charge is 0.346 e. The highest BCUT2D eigenvalue weighted by atomic mass is 32.2. The number of nitro groups is 1. The second kappa shape index (κ2) is 6.56. The fraction of sp³-hybridized carbons (Fsp3) is 0.0833.